The summed E-state index contributed by atoms with van der Waals surface area (Å²) in [6.07, 6.45) is 2.73. The molecule has 0 heterocycles. The first-order chi connectivity index (χ1) is 14.9. The van der Waals surface area contributed by atoms with Crippen molar-refractivity contribution in [1.29, 1.82) is 0 Å². The summed E-state index contributed by atoms with van der Waals surface area (Å²) in [5.74, 6) is 1.10. The Hall–Kier alpha value is -3.88. The van der Waals surface area contributed by atoms with Crippen LogP contribution in [0.4, 0.5) is 5.69 Å². The van der Waals surface area contributed by atoms with Gasteiger partial charge in [-0.2, -0.15) is 0 Å². The molecule has 0 saturated carbocycles. The average molecular weight is 431 g/mol. The molecule has 0 fully saturated rings. The van der Waals surface area contributed by atoms with E-state index in [1.54, 1.807) is 37.4 Å². The van der Waals surface area contributed by atoms with Gasteiger partial charge >= 0.3 is 5.97 Å². The fourth-order valence-corrected chi connectivity index (χ4v) is 2.65. The van der Waals surface area contributed by atoms with Crippen molar-refractivity contribution in [2.45, 2.75) is 0 Å². The van der Waals surface area contributed by atoms with E-state index in [2.05, 4.69) is 5.32 Å². The van der Waals surface area contributed by atoms with Gasteiger partial charge in [0.2, 0.25) is 5.75 Å². The number of hydrogen-bond donors (Lipinski definition) is 1. The number of nitrogens with one attached hydrogen (secondary N) is 1. The van der Waals surface area contributed by atoms with E-state index < -0.39 is 18.5 Å². The van der Waals surface area contributed by atoms with Crippen LogP contribution in [0.25, 0.3) is 6.08 Å². The highest BCUT2D eigenvalue weighted by Crippen LogP contribution is 2.39. The SMILES string of the molecule is COc1ccc(/C=C/C(=O)OCC(=O)Nc2cc(OC)c(OC)c(OC)c2)c(OC)c1. The number of methoxy groups -OCH3 is 5. The summed E-state index contributed by atoms with van der Waals surface area (Å²) in [7, 11) is 7.47. The van der Waals surface area contributed by atoms with E-state index in [4.69, 9.17) is 28.4 Å². The largest absolute Gasteiger partial charge is 0.497 e. The third kappa shape index (κ3) is 6.30. The van der Waals surface area contributed by atoms with E-state index in [1.165, 1.54) is 40.6 Å². The number of esters is 1. The Morgan fingerprint density at radius 2 is 1.48 bits per heavy atom. The van der Waals surface area contributed by atoms with Gasteiger partial charge in [0.05, 0.1) is 35.5 Å². The lowest BCUT2D eigenvalue weighted by Crippen LogP contribution is -2.20. The van der Waals surface area contributed by atoms with Gasteiger partial charge in [0.1, 0.15) is 11.5 Å². The molecule has 0 aromatic heterocycles. The number of carbonyl (C=O) groups excluding carboxylic acids is 2. The van der Waals surface area contributed by atoms with E-state index in [1.807, 2.05) is 0 Å². The quantitative estimate of drug-likeness (QED) is 0.453. The van der Waals surface area contributed by atoms with E-state index in [9.17, 15) is 9.59 Å². The molecule has 0 aliphatic rings. The van der Waals surface area contributed by atoms with E-state index >= 15 is 0 Å². The first kappa shape index (κ1) is 23.4. The predicted octanol–water partition coefficient (Wildman–Crippen LogP) is 2.92. The summed E-state index contributed by atoms with van der Waals surface area (Å²) < 4.78 is 31.1. The number of benzene rings is 2. The molecule has 0 aliphatic heterocycles. The van der Waals surface area contributed by atoms with Crippen LogP contribution in [0.5, 0.6) is 28.7 Å². The van der Waals surface area contributed by atoms with Crippen molar-refractivity contribution in [2.24, 2.45) is 0 Å². The zero-order chi connectivity index (χ0) is 22.8. The Morgan fingerprint density at radius 1 is 0.839 bits per heavy atom. The second-order valence-corrected chi connectivity index (χ2v) is 6.01. The van der Waals surface area contributed by atoms with Crippen LogP contribution in [0.2, 0.25) is 0 Å². The molecular weight excluding hydrogens is 406 g/mol. The van der Waals surface area contributed by atoms with Crippen molar-refractivity contribution < 1.29 is 38.0 Å². The van der Waals surface area contributed by atoms with E-state index in [0.717, 1.165) is 0 Å². The molecule has 0 aliphatic carbocycles. The van der Waals surface area contributed by atoms with Crippen LogP contribution < -0.4 is 29.0 Å². The van der Waals surface area contributed by atoms with Crippen LogP contribution in [0.15, 0.2) is 36.4 Å². The third-order valence-corrected chi connectivity index (χ3v) is 4.13. The summed E-state index contributed by atoms with van der Waals surface area (Å²) >= 11 is 0. The average Bonchev–Trinajstić information content (AvgIpc) is 2.80. The van der Waals surface area contributed by atoms with Crippen LogP contribution in [-0.2, 0) is 14.3 Å². The third-order valence-electron chi connectivity index (χ3n) is 4.13. The molecule has 0 unspecified atom stereocenters. The lowest BCUT2D eigenvalue weighted by molar-refractivity contribution is -0.142. The number of ether oxygens (including phenoxy) is 6. The van der Waals surface area contributed by atoms with Crippen LogP contribution in [0.1, 0.15) is 5.56 Å². The fraction of sp³-hybridized carbons (Fsp3) is 0.273. The van der Waals surface area contributed by atoms with Crippen LogP contribution in [-0.4, -0.2) is 54.0 Å². The normalized spacial score (nSPS) is 10.4. The van der Waals surface area contributed by atoms with E-state index in [0.29, 0.717) is 40.0 Å². The maximum absolute atomic E-state index is 12.2. The van der Waals surface area contributed by atoms with Crippen molar-refractivity contribution in [1.82, 2.24) is 0 Å². The van der Waals surface area contributed by atoms with Gasteiger partial charge < -0.3 is 33.7 Å². The van der Waals surface area contributed by atoms with E-state index in [-0.39, 0.29) is 0 Å². The highest BCUT2D eigenvalue weighted by molar-refractivity contribution is 5.95. The van der Waals surface area contributed by atoms with Gasteiger partial charge in [-0.3, -0.25) is 4.79 Å². The smallest absolute Gasteiger partial charge is 0.331 e. The molecule has 9 heteroatoms. The molecule has 9 nitrogen and oxygen atoms in total. The molecule has 2 rings (SSSR count). The molecule has 0 atom stereocenters. The Labute approximate surface area is 180 Å². The molecule has 1 amide bonds. The molecule has 0 saturated heterocycles. The van der Waals surface area contributed by atoms with Gasteiger partial charge in [0, 0.05) is 35.5 Å². The van der Waals surface area contributed by atoms with Crippen molar-refractivity contribution in [3.63, 3.8) is 0 Å². The summed E-state index contributed by atoms with van der Waals surface area (Å²) in [5, 5.41) is 2.61. The summed E-state index contributed by atoms with van der Waals surface area (Å²) in [6, 6.07) is 8.29. The van der Waals surface area contributed by atoms with Crippen LogP contribution >= 0.6 is 0 Å². The van der Waals surface area contributed by atoms with Crippen molar-refractivity contribution in [2.75, 3.05) is 47.5 Å². The topological polar surface area (TPSA) is 102 Å². The van der Waals surface area contributed by atoms with Gasteiger partial charge in [-0.1, -0.05) is 0 Å². The minimum absolute atomic E-state index is 0.380. The van der Waals surface area contributed by atoms with Crippen molar-refractivity contribution in [3.05, 3.63) is 42.0 Å². The van der Waals surface area contributed by atoms with Gasteiger partial charge in [0.25, 0.3) is 5.91 Å². The lowest BCUT2D eigenvalue weighted by atomic mass is 10.2. The van der Waals surface area contributed by atoms with Gasteiger partial charge in [-0.15, -0.1) is 0 Å². The van der Waals surface area contributed by atoms with Gasteiger partial charge in [-0.05, 0) is 18.2 Å². The van der Waals surface area contributed by atoms with Crippen LogP contribution in [0.3, 0.4) is 0 Å². The van der Waals surface area contributed by atoms with Gasteiger partial charge in [-0.25, -0.2) is 4.79 Å². The maximum Gasteiger partial charge on any atom is 0.331 e. The zero-order valence-corrected chi connectivity index (χ0v) is 18.0. The second kappa shape index (κ2) is 11.3. The Balaban J connectivity index is 1.97. The number of anilines is 1. The summed E-state index contributed by atoms with van der Waals surface area (Å²) in [4.78, 5) is 24.1. The summed E-state index contributed by atoms with van der Waals surface area (Å²) in [5.41, 5.74) is 1.05. The fourth-order valence-electron chi connectivity index (χ4n) is 2.65. The lowest BCUT2D eigenvalue weighted by Gasteiger charge is -2.14. The summed E-state index contributed by atoms with van der Waals surface area (Å²) in [6.45, 7) is -0.473. The number of rotatable bonds is 10. The first-order valence-corrected chi connectivity index (χ1v) is 9.12. The highest BCUT2D eigenvalue weighted by Gasteiger charge is 2.15. The molecular formula is C22H25NO8. The molecule has 166 valence electrons. The molecule has 0 spiro atoms. The van der Waals surface area contributed by atoms with Crippen molar-refractivity contribution in [3.8, 4) is 28.7 Å². The zero-order valence-electron chi connectivity index (χ0n) is 18.0. The monoisotopic (exact) mass is 431 g/mol. The number of amides is 1. The predicted molar refractivity (Wildman–Crippen MR) is 114 cm³/mol. The molecule has 2 aromatic carbocycles. The molecule has 1 N–H and O–H groups in total. The van der Waals surface area contributed by atoms with Crippen molar-refractivity contribution >= 4 is 23.6 Å². The molecule has 0 radical (unpaired) electrons. The standard InChI is InChI=1S/C22H25NO8/c1-26-16-8-6-14(17(12-16)27-2)7-9-21(25)31-13-20(24)23-15-10-18(28-3)22(30-5)19(11-15)29-4/h6-12H,13H2,1-5H3,(H,23,24)/b9-7+. The highest BCUT2D eigenvalue weighted by atomic mass is 16.5. The number of carbonyl (C=O) groups is 2. The minimum Gasteiger partial charge on any atom is -0.497 e. The first-order valence-electron chi connectivity index (χ1n) is 9.12. The Kier molecular flexibility index (Phi) is 8.56. The Morgan fingerprint density at radius 3 is 2.03 bits per heavy atom. The Bertz CT molecular complexity index is 930. The van der Waals surface area contributed by atoms with Crippen LogP contribution in [0, 0.1) is 0 Å². The maximum atomic E-state index is 12.2. The molecule has 0 bridgehead atoms. The van der Waals surface area contributed by atoms with Gasteiger partial charge in [0.15, 0.2) is 18.1 Å². The number of hydrogen-bond acceptors (Lipinski definition) is 8. The molecule has 2 aromatic rings. The second-order valence-electron chi connectivity index (χ2n) is 6.01. The minimum atomic E-state index is -0.682. The molecule has 31 heavy (non-hydrogen) atoms.